The van der Waals surface area contributed by atoms with Gasteiger partial charge in [0.25, 0.3) is 0 Å². The molecule has 2 nitrogen and oxygen atoms in total. The average Bonchev–Trinajstić information content (AvgIpc) is 2.33. The Morgan fingerprint density at radius 3 is 3.00 bits per heavy atom. The highest BCUT2D eigenvalue weighted by Gasteiger charge is 2.16. The SMILES string of the molecule is CCc1cccc(C2CCCCCC(=O)N2)c1. The van der Waals surface area contributed by atoms with Crippen molar-refractivity contribution < 1.29 is 4.79 Å². The predicted molar refractivity (Wildman–Crippen MR) is 69.8 cm³/mol. The molecule has 1 N–H and O–H groups in total. The Morgan fingerprint density at radius 1 is 1.29 bits per heavy atom. The minimum absolute atomic E-state index is 0.205. The maximum Gasteiger partial charge on any atom is 0.220 e. The summed E-state index contributed by atoms with van der Waals surface area (Å²) in [7, 11) is 0. The molecular formula is C15H21NO. The van der Waals surface area contributed by atoms with Crippen molar-refractivity contribution in [3.8, 4) is 0 Å². The lowest BCUT2D eigenvalue weighted by atomic mass is 9.96. The summed E-state index contributed by atoms with van der Waals surface area (Å²) < 4.78 is 0. The molecule has 1 fully saturated rings. The van der Waals surface area contributed by atoms with Crippen molar-refractivity contribution in [2.45, 2.75) is 51.5 Å². The quantitative estimate of drug-likeness (QED) is 0.830. The van der Waals surface area contributed by atoms with Gasteiger partial charge < -0.3 is 5.32 Å². The monoisotopic (exact) mass is 231 g/mol. The zero-order valence-corrected chi connectivity index (χ0v) is 10.5. The van der Waals surface area contributed by atoms with Crippen LogP contribution in [-0.2, 0) is 11.2 Å². The second-order valence-corrected chi connectivity index (χ2v) is 4.82. The van der Waals surface area contributed by atoms with Gasteiger partial charge in [-0.05, 0) is 30.4 Å². The topological polar surface area (TPSA) is 29.1 Å². The lowest BCUT2D eigenvalue weighted by molar-refractivity contribution is -0.122. The summed E-state index contributed by atoms with van der Waals surface area (Å²) in [6.45, 7) is 2.16. The molecule has 1 amide bonds. The van der Waals surface area contributed by atoms with Crippen molar-refractivity contribution in [1.82, 2.24) is 5.32 Å². The second-order valence-electron chi connectivity index (χ2n) is 4.82. The zero-order valence-electron chi connectivity index (χ0n) is 10.5. The van der Waals surface area contributed by atoms with E-state index in [0.717, 1.165) is 19.3 Å². The molecule has 0 spiro atoms. The van der Waals surface area contributed by atoms with Crippen LogP contribution in [0.3, 0.4) is 0 Å². The molecule has 2 heteroatoms. The molecule has 1 aliphatic rings. The van der Waals surface area contributed by atoms with Gasteiger partial charge in [-0.3, -0.25) is 4.79 Å². The highest BCUT2D eigenvalue weighted by atomic mass is 16.1. The molecule has 92 valence electrons. The maximum atomic E-state index is 11.7. The largest absolute Gasteiger partial charge is 0.349 e. The smallest absolute Gasteiger partial charge is 0.220 e. The summed E-state index contributed by atoms with van der Waals surface area (Å²) in [5, 5.41) is 3.15. The Morgan fingerprint density at radius 2 is 2.18 bits per heavy atom. The summed E-state index contributed by atoms with van der Waals surface area (Å²) in [6, 6.07) is 8.82. The molecule has 1 unspecified atom stereocenters. The van der Waals surface area contributed by atoms with Gasteiger partial charge in [0.1, 0.15) is 0 Å². The van der Waals surface area contributed by atoms with E-state index in [2.05, 4.69) is 36.5 Å². The van der Waals surface area contributed by atoms with Crippen molar-refractivity contribution in [2.24, 2.45) is 0 Å². The molecule has 17 heavy (non-hydrogen) atoms. The fourth-order valence-electron chi connectivity index (χ4n) is 2.43. The molecule has 0 saturated carbocycles. The van der Waals surface area contributed by atoms with Gasteiger partial charge in [0.2, 0.25) is 5.91 Å². The van der Waals surface area contributed by atoms with Crippen LogP contribution < -0.4 is 5.32 Å². The van der Waals surface area contributed by atoms with Crippen molar-refractivity contribution in [3.05, 3.63) is 35.4 Å². The summed E-state index contributed by atoms with van der Waals surface area (Å²) in [5.41, 5.74) is 2.61. The molecule has 2 rings (SSSR count). The van der Waals surface area contributed by atoms with Crippen LogP contribution in [-0.4, -0.2) is 5.91 Å². The first-order chi connectivity index (χ1) is 8.29. The fourth-order valence-corrected chi connectivity index (χ4v) is 2.43. The van der Waals surface area contributed by atoms with Gasteiger partial charge in [0.05, 0.1) is 6.04 Å². The Balaban J connectivity index is 2.14. The molecule has 1 aromatic rings. The highest BCUT2D eigenvalue weighted by Crippen LogP contribution is 2.23. The van der Waals surface area contributed by atoms with E-state index in [1.54, 1.807) is 0 Å². The normalized spacial score (nSPS) is 21.5. The Bertz CT molecular complexity index is 386. The van der Waals surface area contributed by atoms with Crippen LogP contribution in [0.15, 0.2) is 24.3 Å². The van der Waals surface area contributed by atoms with Crippen molar-refractivity contribution in [1.29, 1.82) is 0 Å². The summed E-state index contributed by atoms with van der Waals surface area (Å²) in [5.74, 6) is 0.205. The van der Waals surface area contributed by atoms with E-state index in [1.165, 1.54) is 24.0 Å². The maximum absolute atomic E-state index is 11.7. The van der Waals surface area contributed by atoms with Crippen LogP contribution in [0.5, 0.6) is 0 Å². The number of benzene rings is 1. The van der Waals surface area contributed by atoms with Crippen LogP contribution in [0.25, 0.3) is 0 Å². The predicted octanol–water partition coefficient (Wildman–Crippen LogP) is 3.37. The third-order valence-corrected chi connectivity index (χ3v) is 3.49. The van der Waals surface area contributed by atoms with Gasteiger partial charge in [0.15, 0.2) is 0 Å². The van der Waals surface area contributed by atoms with E-state index in [0.29, 0.717) is 6.42 Å². The first-order valence-corrected chi connectivity index (χ1v) is 6.68. The Kier molecular flexibility index (Phi) is 4.18. The standard InChI is InChI=1S/C15H21NO/c1-2-12-7-6-8-13(11-12)14-9-4-3-5-10-15(17)16-14/h6-8,11,14H,2-5,9-10H2,1H3,(H,16,17). The highest BCUT2D eigenvalue weighted by molar-refractivity contribution is 5.76. The number of rotatable bonds is 2. The summed E-state index contributed by atoms with van der Waals surface area (Å²) in [6.07, 6.45) is 6.23. The number of carbonyl (C=O) groups is 1. The van der Waals surface area contributed by atoms with Crippen molar-refractivity contribution >= 4 is 5.91 Å². The van der Waals surface area contributed by atoms with Crippen molar-refractivity contribution in [2.75, 3.05) is 0 Å². The number of amides is 1. The molecule has 0 aliphatic carbocycles. The van der Waals surface area contributed by atoms with Gasteiger partial charge >= 0.3 is 0 Å². The summed E-state index contributed by atoms with van der Waals surface area (Å²) >= 11 is 0. The zero-order chi connectivity index (χ0) is 12.1. The molecule has 0 bridgehead atoms. The first-order valence-electron chi connectivity index (χ1n) is 6.68. The lowest BCUT2D eigenvalue weighted by Gasteiger charge is -2.22. The first kappa shape index (κ1) is 12.2. The molecule has 1 heterocycles. The van der Waals surface area contributed by atoms with Crippen LogP contribution in [0, 0.1) is 0 Å². The average molecular weight is 231 g/mol. The van der Waals surface area contributed by atoms with Crippen LogP contribution >= 0.6 is 0 Å². The van der Waals surface area contributed by atoms with Crippen LogP contribution in [0.2, 0.25) is 0 Å². The van der Waals surface area contributed by atoms with E-state index < -0.39 is 0 Å². The van der Waals surface area contributed by atoms with E-state index in [9.17, 15) is 4.79 Å². The Hall–Kier alpha value is -1.31. The number of hydrogen-bond donors (Lipinski definition) is 1. The minimum Gasteiger partial charge on any atom is -0.349 e. The molecule has 0 radical (unpaired) electrons. The van der Waals surface area contributed by atoms with Crippen LogP contribution in [0.4, 0.5) is 0 Å². The van der Waals surface area contributed by atoms with Gasteiger partial charge in [-0.1, -0.05) is 44.0 Å². The third kappa shape index (κ3) is 3.32. The third-order valence-electron chi connectivity index (χ3n) is 3.49. The number of hydrogen-bond acceptors (Lipinski definition) is 1. The lowest BCUT2D eigenvalue weighted by Crippen LogP contribution is -2.29. The Labute approximate surface area is 103 Å². The van der Waals surface area contributed by atoms with Crippen LogP contribution in [0.1, 0.15) is 56.2 Å². The van der Waals surface area contributed by atoms with E-state index >= 15 is 0 Å². The minimum atomic E-state index is 0.205. The van der Waals surface area contributed by atoms with Crippen molar-refractivity contribution in [3.63, 3.8) is 0 Å². The second kappa shape index (κ2) is 5.85. The summed E-state index contributed by atoms with van der Waals surface area (Å²) in [4.78, 5) is 11.7. The molecule has 0 aromatic heterocycles. The number of aryl methyl sites for hydroxylation is 1. The molecular weight excluding hydrogens is 210 g/mol. The van der Waals surface area contributed by atoms with E-state index in [4.69, 9.17) is 0 Å². The van der Waals surface area contributed by atoms with Gasteiger partial charge in [0, 0.05) is 6.42 Å². The molecule has 1 aromatic carbocycles. The molecule has 1 saturated heterocycles. The van der Waals surface area contributed by atoms with Gasteiger partial charge in [-0.25, -0.2) is 0 Å². The fraction of sp³-hybridized carbons (Fsp3) is 0.533. The molecule has 1 atom stereocenters. The number of carbonyl (C=O) groups excluding carboxylic acids is 1. The number of nitrogens with one attached hydrogen (secondary N) is 1. The van der Waals surface area contributed by atoms with Gasteiger partial charge in [-0.15, -0.1) is 0 Å². The van der Waals surface area contributed by atoms with E-state index in [-0.39, 0.29) is 11.9 Å². The van der Waals surface area contributed by atoms with Gasteiger partial charge in [-0.2, -0.15) is 0 Å². The molecule has 1 aliphatic heterocycles. The van der Waals surface area contributed by atoms with E-state index in [1.807, 2.05) is 0 Å².